The molecule has 1 amide bonds. The average molecular weight is 290 g/mol. The fourth-order valence-electron chi connectivity index (χ4n) is 1.72. The summed E-state index contributed by atoms with van der Waals surface area (Å²) in [4.78, 5) is 25.7. The van der Waals surface area contributed by atoms with E-state index in [4.69, 9.17) is 5.73 Å². The van der Waals surface area contributed by atoms with Gasteiger partial charge >= 0.3 is 0 Å². The number of hydrogen-bond donors (Lipinski definition) is 2. The lowest BCUT2D eigenvalue weighted by molar-refractivity contribution is -0.385. The number of amides is 1. The smallest absolute Gasteiger partial charge is 0.274 e. The topological polar surface area (TPSA) is 111 Å². The van der Waals surface area contributed by atoms with Gasteiger partial charge in [-0.15, -0.1) is 0 Å². The summed E-state index contributed by atoms with van der Waals surface area (Å²) in [6.45, 7) is 1.58. The molecule has 0 aliphatic heterocycles. The largest absolute Gasteiger partial charge is 0.381 e. The number of nitrogens with zero attached hydrogens (tertiary/aromatic N) is 2. The maximum absolute atomic E-state index is 13.7. The lowest BCUT2D eigenvalue weighted by Crippen LogP contribution is -2.15. The SMILES string of the molecule is Cc1ccc(NC(=O)c2ccnc(N)c2F)cc1[N+](=O)[O-]. The zero-order valence-corrected chi connectivity index (χ0v) is 11.0. The van der Waals surface area contributed by atoms with Crippen molar-refractivity contribution in [2.75, 3.05) is 11.1 Å². The van der Waals surface area contributed by atoms with Crippen molar-refractivity contribution in [3.8, 4) is 0 Å². The third-order valence-corrected chi connectivity index (χ3v) is 2.82. The Hall–Kier alpha value is -3.03. The Kier molecular flexibility index (Phi) is 3.79. The Morgan fingerprint density at radius 1 is 1.43 bits per heavy atom. The van der Waals surface area contributed by atoms with Gasteiger partial charge in [0.2, 0.25) is 0 Å². The summed E-state index contributed by atoms with van der Waals surface area (Å²) in [6.07, 6.45) is 1.20. The molecule has 0 spiro atoms. The Balaban J connectivity index is 2.30. The number of nitrogen functional groups attached to an aromatic ring is 1. The molecule has 7 nitrogen and oxygen atoms in total. The molecule has 0 aliphatic rings. The maximum Gasteiger partial charge on any atom is 0.274 e. The summed E-state index contributed by atoms with van der Waals surface area (Å²) >= 11 is 0. The van der Waals surface area contributed by atoms with Crippen LogP contribution in [0.25, 0.3) is 0 Å². The summed E-state index contributed by atoms with van der Waals surface area (Å²) in [5.74, 6) is -2.09. The standard InChI is InChI=1S/C13H11FN4O3/c1-7-2-3-8(6-10(7)18(20)21)17-13(19)9-4-5-16-12(15)11(9)14/h2-6H,1H3,(H2,15,16)(H,17,19). The second-order valence-corrected chi connectivity index (χ2v) is 4.27. The number of nitrogens with two attached hydrogens (primary N) is 1. The van der Waals surface area contributed by atoms with Gasteiger partial charge in [-0.05, 0) is 19.1 Å². The molecule has 2 rings (SSSR count). The van der Waals surface area contributed by atoms with Gasteiger partial charge in [0.25, 0.3) is 11.6 Å². The van der Waals surface area contributed by atoms with Crippen molar-refractivity contribution in [2.45, 2.75) is 6.92 Å². The van der Waals surface area contributed by atoms with Crippen LogP contribution in [0.3, 0.4) is 0 Å². The molecule has 2 aromatic rings. The zero-order valence-electron chi connectivity index (χ0n) is 11.0. The van der Waals surface area contributed by atoms with E-state index in [1.165, 1.54) is 30.5 Å². The number of nitrogens with one attached hydrogen (secondary N) is 1. The first kappa shape index (κ1) is 14.4. The molecule has 108 valence electrons. The van der Waals surface area contributed by atoms with Crippen LogP contribution in [0.4, 0.5) is 21.6 Å². The predicted molar refractivity (Wildman–Crippen MR) is 74.4 cm³/mol. The Morgan fingerprint density at radius 3 is 2.81 bits per heavy atom. The highest BCUT2D eigenvalue weighted by molar-refractivity contribution is 6.05. The second-order valence-electron chi connectivity index (χ2n) is 4.27. The third kappa shape index (κ3) is 2.94. The van der Waals surface area contributed by atoms with Gasteiger partial charge < -0.3 is 11.1 Å². The summed E-state index contributed by atoms with van der Waals surface area (Å²) in [5, 5.41) is 13.2. The van der Waals surface area contributed by atoms with E-state index in [-0.39, 0.29) is 16.9 Å². The van der Waals surface area contributed by atoms with E-state index in [0.717, 1.165) is 0 Å². The molecular formula is C13H11FN4O3. The first-order valence-electron chi connectivity index (χ1n) is 5.86. The van der Waals surface area contributed by atoms with Gasteiger partial charge in [0.05, 0.1) is 10.5 Å². The Bertz CT molecular complexity index is 733. The molecule has 0 fully saturated rings. The van der Waals surface area contributed by atoms with Crippen LogP contribution in [0.2, 0.25) is 0 Å². The first-order chi connectivity index (χ1) is 9.90. The number of rotatable bonds is 3. The number of aromatic nitrogens is 1. The highest BCUT2D eigenvalue weighted by Crippen LogP contribution is 2.23. The fourth-order valence-corrected chi connectivity index (χ4v) is 1.72. The zero-order chi connectivity index (χ0) is 15.6. The number of nitro groups is 1. The van der Waals surface area contributed by atoms with Crippen molar-refractivity contribution < 1.29 is 14.1 Å². The monoisotopic (exact) mass is 290 g/mol. The van der Waals surface area contributed by atoms with E-state index >= 15 is 0 Å². The molecule has 1 aromatic heterocycles. The average Bonchev–Trinajstić information content (AvgIpc) is 2.43. The van der Waals surface area contributed by atoms with Crippen LogP contribution < -0.4 is 11.1 Å². The van der Waals surface area contributed by atoms with Crippen molar-refractivity contribution in [1.82, 2.24) is 4.98 Å². The van der Waals surface area contributed by atoms with Crippen LogP contribution in [0.5, 0.6) is 0 Å². The molecule has 0 saturated carbocycles. The molecule has 0 saturated heterocycles. The summed E-state index contributed by atoms with van der Waals surface area (Å²) in [6, 6.07) is 5.35. The minimum absolute atomic E-state index is 0.137. The van der Waals surface area contributed by atoms with Crippen LogP contribution in [0, 0.1) is 22.9 Å². The minimum Gasteiger partial charge on any atom is -0.381 e. The Morgan fingerprint density at radius 2 is 2.14 bits per heavy atom. The van der Waals surface area contributed by atoms with E-state index in [0.29, 0.717) is 5.56 Å². The van der Waals surface area contributed by atoms with Crippen molar-refractivity contribution in [3.63, 3.8) is 0 Å². The highest BCUT2D eigenvalue weighted by atomic mass is 19.1. The number of anilines is 2. The molecule has 0 radical (unpaired) electrons. The summed E-state index contributed by atoms with van der Waals surface area (Å²) < 4.78 is 13.7. The van der Waals surface area contributed by atoms with Gasteiger partial charge in [-0.2, -0.15) is 0 Å². The summed E-state index contributed by atoms with van der Waals surface area (Å²) in [5.41, 5.74) is 5.50. The van der Waals surface area contributed by atoms with Crippen molar-refractivity contribution >= 4 is 23.1 Å². The molecule has 8 heteroatoms. The third-order valence-electron chi connectivity index (χ3n) is 2.82. The number of carbonyl (C=O) groups excluding carboxylic acids is 1. The van der Waals surface area contributed by atoms with Crippen LogP contribution in [-0.4, -0.2) is 15.8 Å². The lowest BCUT2D eigenvalue weighted by Gasteiger charge is -2.07. The quantitative estimate of drug-likeness (QED) is 0.665. The van der Waals surface area contributed by atoms with Crippen molar-refractivity contribution in [2.24, 2.45) is 0 Å². The van der Waals surface area contributed by atoms with Crippen LogP contribution in [0.15, 0.2) is 30.5 Å². The lowest BCUT2D eigenvalue weighted by atomic mass is 10.1. The normalized spacial score (nSPS) is 10.2. The number of halogens is 1. The number of hydrogen-bond acceptors (Lipinski definition) is 5. The van der Waals surface area contributed by atoms with Gasteiger partial charge in [0.1, 0.15) is 0 Å². The number of pyridine rings is 1. The van der Waals surface area contributed by atoms with Gasteiger partial charge in [-0.25, -0.2) is 9.37 Å². The first-order valence-corrected chi connectivity index (χ1v) is 5.86. The van der Waals surface area contributed by atoms with Crippen LogP contribution in [-0.2, 0) is 0 Å². The molecule has 0 unspecified atom stereocenters. The predicted octanol–water partition coefficient (Wildman–Crippen LogP) is 2.27. The number of benzene rings is 1. The van der Waals surface area contributed by atoms with Gasteiger partial charge in [0.15, 0.2) is 11.6 Å². The number of nitro benzene ring substituents is 1. The minimum atomic E-state index is -0.934. The van der Waals surface area contributed by atoms with E-state index < -0.39 is 22.5 Å². The maximum atomic E-state index is 13.7. The van der Waals surface area contributed by atoms with Gasteiger partial charge in [-0.3, -0.25) is 14.9 Å². The second kappa shape index (κ2) is 5.53. The molecule has 0 bridgehead atoms. The van der Waals surface area contributed by atoms with Gasteiger partial charge in [-0.1, -0.05) is 6.07 Å². The van der Waals surface area contributed by atoms with Crippen LogP contribution in [0.1, 0.15) is 15.9 Å². The number of aryl methyl sites for hydroxylation is 1. The number of carbonyl (C=O) groups is 1. The van der Waals surface area contributed by atoms with E-state index in [1.807, 2.05) is 0 Å². The molecular weight excluding hydrogens is 279 g/mol. The summed E-state index contributed by atoms with van der Waals surface area (Å²) in [7, 11) is 0. The molecule has 1 aromatic carbocycles. The molecule has 0 atom stereocenters. The molecule has 3 N–H and O–H groups in total. The fraction of sp³-hybridized carbons (Fsp3) is 0.0769. The van der Waals surface area contributed by atoms with Crippen molar-refractivity contribution in [3.05, 3.63) is 57.5 Å². The Labute approximate surface area is 118 Å². The van der Waals surface area contributed by atoms with Crippen LogP contribution >= 0.6 is 0 Å². The van der Waals surface area contributed by atoms with E-state index in [9.17, 15) is 19.3 Å². The molecule has 1 heterocycles. The van der Waals surface area contributed by atoms with Gasteiger partial charge in [0, 0.05) is 23.5 Å². The van der Waals surface area contributed by atoms with E-state index in [1.54, 1.807) is 6.92 Å². The molecule has 21 heavy (non-hydrogen) atoms. The molecule has 0 aliphatic carbocycles. The van der Waals surface area contributed by atoms with E-state index in [2.05, 4.69) is 10.3 Å². The van der Waals surface area contributed by atoms with Crippen molar-refractivity contribution in [1.29, 1.82) is 0 Å². The highest BCUT2D eigenvalue weighted by Gasteiger charge is 2.17.